The zero-order valence-corrected chi connectivity index (χ0v) is 20.3. The molecular formula is C28H33N5O2. The summed E-state index contributed by atoms with van der Waals surface area (Å²) in [5, 5.41) is 3.22. The Kier molecular flexibility index (Phi) is 7.23. The Hall–Kier alpha value is -3.45. The van der Waals surface area contributed by atoms with E-state index in [-0.39, 0.29) is 5.91 Å². The zero-order chi connectivity index (χ0) is 24.0. The Morgan fingerprint density at radius 2 is 1.51 bits per heavy atom. The van der Waals surface area contributed by atoms with Gasteiger partial charge in [0.1, 0.15) is 5.75 Å². The van der Waals surface area contributed by atoms with Crippen LogP contribution in [-0.4, -0.2) is 65.0 Å². The normalized spacial score (nSPS) is 17.2. The molecule has 0 radical (unpaired) electrons. The molecule has 0 saturated carbocycles. The number of benzene rings is 2. The van der Waals surface area contributed by atoms with Crippen LogP contribution < -0.4 is 10.1 Å². The third kappa shape index (κ3) is 5.62. The number of aromatic nitrogens is 2. The predicted octanol–water partition coefficient (Wildman–Crippen LogP) is 4.99. The van der Waals surface area contributed by atoms with E-state index in [9.17, 15) is 4.79 Å². The molecule has 2 aromatic carbocycles. The molecule has 0 atom stereocenters. The van der Waals surface area contributed by atoms with Crippen molar-refractivity contribution in [1.82, 2.24) is 19.8 Å². The van der Waals surface area contributed by atoms with E-state index in [1.807, 2.05) is 53.4 Å². The molecule has 0 spiro atoms. The Morgan fingerprint density at radius 1 is 0.857 bits per heavy atom. The first-order chi connectivity index (χ1) is 17.2. The highest BCUT2D eigenvalue weighted by Gasteiger charge is 2.28. The molecule has 1 N–H and O–H groups in total. The van der Waals surface area contributed by atoms with Crippen LogP contribution in [0.1, 0.15) is 42.5 Å². The number of likely N-dealkylation sites (tertiary alicyclic amines) is 2. The van der Waals surface area contributed by atoms with Crippen molar-refractivity contribution in [3.05, 3.63) is 66.5 Å². The van der Waals surface area contributed by atoms with E-state index in [2.05, 4.69) is 20.2 Å². The van der Waals surface area contributed by atoms with E-state index in [0.717, 1.165) is 54.1 Å². The average Bonchev–Trinajstić information content (AvgIpc) is 2.94. The number of hydrogen-bond donors (Lipinski definition) is 1. The van der Waals surface area contributed by atoms with Gasteiger partial charge >= 0.3 is 0 Å². The number of hydrogen-bond acceptors (Lipinski definition) is 6. The first kappa shape index (κ1) is 23.3. The average molecular weight is 472 g/mol. The minimum Gasteiger partial charge on any atom is -0.497 e. The van der Waals surface area contributed by atoms with Gasteiger partial charge in [0.15, 0.2) is 0 Å². The summed E-state index contributed by atoms with van der Waals surface area (Å²) in [6.07, 6.45) is 9.74. The summed E-state index contributed by atoms with van der Waals surface area (Å²) in [4.78, 5) is 26.5. The maximum absolute atomic E-state index is 13.0. The summed E-state index contributed by atoms with van der Waals surface area (Å²) in [5.41, 5.74) is 3.54. The zero-order valence-electron chi connectivity index (χ0n) is 20.3. The first-order valence-corrected chi connectivity index (χ1v) is 12.6. The lowest BCUT2D eigenvalue weighted by Gasteiger charge is -2.40. The molecule has 7 heteroatoms. The van der Waals surface area contributed by atoms with Crippen LogP contribution in [0.2, 0.25) is 0 Å². The number of nitrogens with one attached hydrogen (secondary N) is 1. The summed E-state index contributed by atoms with van der Waals surface area (Å²) in [6.45, 7) is 4.13. The van der Waals surface area contributed by atoms with Crippen molar-refractivity contribution in [3.63, 3.8) is 0 Å². The Bertz CT molecular complexity index is 1100. The Morgan fingerprint density at radius 3 is 2.14 bits per heavy atom. The van der Waals surface area contributed by atoms with Crippen LogP contribution in [0.25, 0.3) is 11.1 Å². The van der Waals surface area contributed by atoms with Crippen LogP contribution in [0.15, 0.2) is 60.9 Å². The van der Waals surface area contributed by atoms with Gasteiger partial charge in [-0.1, -0.05) is 18.6 Å². The maximum atomic E-state index is 13.0. The second-order valence-electron chi connectivity index (χ2n) is 9.35. The maximum Gasteiger partial charge on any atom is 0.253 e. The van der Waals surface area contributed by atoms with Crippen LogP contribution >= 0.6 is 0 Å². The molecular weight excluding hydrogens is 438 g/mol. The van der Waals surface area contributed by atoms with Crippen LogP contribution in [0.5, 0.6) is 5.75 Å². The topological polar surface area (TPSA) is 70.6 Å². The molecule has 5 rings (SSSR count). The molecule has 1 amide bonds. The summed E-state index contributed by atoms with van der Waals surface area (Å²) in [5.74, 6) is 1.45. The number of amides is 1. The van der Waals surface area contributed by atoms with Crippen LogP contribution in [0, 0.1) is 0 Å². The van der Waals surface area contributed by atoms with E-state index in [0.29, 0.717) is 12.0 Å². The van der Waals surface area contributed by atoms with E-state index in [1.54, 1.807) is 19.5 Å². The van der Waals surface area contributed by atoms with Gasteiger partial charge in [0.25, 0.3) is 5.91 Å². The van der Waals surface area contributed by atoms with Crippen molar-refractivity contribution in [2.24, 2.45) is 0 Å². The van der Waals surface area contributed by atoms with Gasteiger partial charge in [0.05, 0.1) is 7.11 Å². The molecule has 3 heterocycles. The van der Waals surface area contributed by atoms with Crippen LogP contribution in [-0.2, 0) is 0 Å². The van der Waals surface area contributed by atoms with Crippen molar-refractivity contribution in [3.8, 4) is 16.9 Å². The van der Waals surface area contributed by atoms with Gasteiger partial charge in [-0.3, -0.25) is 4.79 Å². The second kappa shape index (κ2) is 10.9. The lowest BCUT2D eigenvalue weighted by Crippen LogP contribution is -2.48. The molecule has 3 aromatic rings. The number of carbonyl (C=O) groups excluding carboxylic acids is 1. The molecule has 1 aromatic heterocycles. The van der Waals surface area contributed by atoms with Gasteiger partial charge in [-0.15, -0.1) is 0 Å². The molecule has 2 fully saturated rings. The fourth-order valence-electron chi connectivity index (χ4n) is 5.05. The number of piperidine rings is 2. The number of methoxy groups -OCH3 is 1. The van der Waals surface area contributed by atoms with Gasteiger partial charge in [-0.05, 0) is 80.7 Å². The fraction of sp³-hybridized carbons (Fsp3) is 0.393. The molecule has 0 bridgehead atoms. The number of ether oxygens (including phenoxy) is 1. The predicted molar refractivity (Wildman–Crippen MR) is 138 cm³/mol. The minimum atomic E-state index is 0.119. The summed E-state index contributed by atoms with van der Waals surface area (Å²) in [7, 11) is 1.65. The Labute approximate surface area is 207 Å². The van der Waals surface area contributed by atoms with Gasteiger partial charge in [-0.25, -0.2) is 9.97 Å². The molecule has 0 aliphatic carbocycles. The smallest absolute Gasteiger partial charge is 0.253 e. The molecule has 35 heavy (non-hydrogen) atoms. The van der Waals surface area contributed by atoms with Crippen molar-refractivity contribution >= 4 is 17.5 Å². The molecule has 2 saturated heterocycles. The fourth-order valence-corrected chi connectivity index (χ4v) is 5.05. The number of carbonyl (C=O) groups is 1. The van der Waals surface area contributed by atoms with Gasteiger partial charge in [0.2, 0.25) is 5.95 Å². The molecule has 2 aliphatic heterocycles. The number of rotatable bonds is 6. The molecule has 182 valence electrons. The number of anilines is 2. The monoisotopic (exact) mass is 471 g/mol. The summed E-state index contributed by atoms with van der Waals surface area (Å²) in [6, 6.07) is 16.0. The lowest BCUT2D eigenvalue weighted by atomic mass is 9.99. The van der Waals surface area contributed by atoms with E-state index < -0.39 is 0 Å². The third-order valence-corrected chi connectivity index (χ3v) is 7.12. The summed E-state index contributed by atoms with van der Waals surface area (Å²) < 4.78 is 5.21. The second-order valence-corrected chi connectivity index (χ2v) is 9.35. The molecule has 0 unspecified atom stereocenters. The standard InChI is InChI=1S/C28H33N5O2/c1-35-26-11-7-21(8-12-26)23-19-29-28(30-20-23)31-24-9-5-22(6-10-24)27(34)33-17-13-25(14-18-33)32-15-3-2-4-16-32/h5-12,19-20,25H,2-4,13-18H2,1H3,(H,29,30,31). The van der Waals surface area contributed by atoms with Crippen molar-refractivity contribution < 1.29 is 9.53 Å². The highest BCUT2D eigenvalue weighted by molar-refractivity contribution is 5.94. The van der Waals surface area contributed by atoms with Crippen molar-refractivity contribution in [2.45, 2.75) is 38.1 Å². The SMILES string of the molecule is COc1ccc(-c2cnc(Nc3ccc(C(=O)N4CCC(N5CCCCC5)CC4)cc3)nc2)cc1. The van der Waals surface area contributed by atoms with E-state index in [4.69, 9.17) is 4.74 Å². The lowest BCUT2D eigenvalue weighted by molar-refractivity contribution is 0.0590. The van der Waals surface area contributed by atoms with E-state index >= 15 is 0 Å². The van der Waals surface area contributed by atoms with Gasteiger partial charge in [0, 0.05) is 48.3 Å². The summed E-state index contributed by atoms with van der Waals surface area (Å²) >= 11 is 0. The molecule has 7 nitrogen and oxygen atoms in total. The first-order valence-electron chi connectivity index (χ1n) is 12.6. The third-order valence-electron chi connectivity index (χ3n) is 7.12. The van der Waals surface area contributed by atoms with E-state index in [1.165, 1.54) is 32.4 Å². The van der Waals surface area contributed by atoms with Crippen molar-refractivity contribution in [2.75, 3.05) is 38.6 Å². The molecule has 2 aliphatic rings. The van der Waals surface area contributed by atoms with Gasteiger partial charge < -0.3 is 19.9 Å². The minimum absolute atomic E-state index is 0.119. The highest BCUT2D eigenvalue weighted by atomic mass is 16.5. The van der Waals surface area contributed by atoms with Crippen molar-refractivity contribution in [1.29, 1.82) is 0 Å². The van der Waals surface area contributed by atoms with Crippen LogP contribution in [0.3, 0.4) is 0 Å². The van der Waals surface area contributed by atoms with Gasteiger partial charge in [-0.2, -0.15) is 0 Å². The Balaban J connectivity index is 1.15. The highest BCUT2D eigenvalue weighted by Crippen LogP contribution is 2.24. The quantitative estimate of drug-likeness (QED) is 0.546. The number of nitrogens with zero attached hydrogens (tertiary/aromatic N) is 4. The van der Waals surface area contributed by atoms with Crippen LogP contribution in [0.4, 0.5) is 11.6 Å². The largest absolute Gasteiger partial charge is 0.497 e.